The van der Waals surface area contributed by atoms with Crippen LogP contribution in [0.5, 0.6) is 0 Å². The summed E-state index contributed by atoms with van der Waals surface area (Å²) in [4.78, 5) is 14.5. The third-order valence-corrected chi connectivity index (χ3v) is 7.73. The van der Waals surface area contributed by atoms with E-state index in [4.69, 9.17) is 4.74 Å². The van der Waals surface area contributed by atoms with Crippen molar-refractivity contribution in [1.29, 1.82) is 0 Å². The fraction of sp³-hybridized carbons (Fsp3) is 0.458. The molecular weight excluding hydrogens is 431 g/mol. The summed E-state index contributed by atoms with van der Waals surface area (Å²) in [5.74, 6) is -1.19. The van der Waals surface area contributed by atoms with Crippen LogP contribution >= 0.6 is 0 Å². The van der Waals surface area contributed by atoms with Gasteiger partial charge in [0, 0.05) is 25.2 Å². The van der Waals surface area contributed by atoms with Crippen LogP contribution in [0.1, 0.15) is 37.8 Å². The Bertz CT molecular complexity index is 1110. The first-order valence-electron chi connectivity index (χ1n) is 11.1. The second-order valence-electron chi connectivity index (χ2n) is 8.73. The third-order valence-electron chi connectivity index (χ3n) is 6.02. The number of anilines is 2. The first-order chi connectivity index (χ1) is 15.2. The zero-order valence-corrected chi connectivity index (χ0v) is 19.3. The van der Waals surface area contributed by atoms with Gasteiger partial charge in [-0.1, -0.05) is 6.07 Å². The lowest BCUT2D eigenvalue weighted by atomic mass is 10.1. The Morgan fingerprint density at radius 2 is 1.81 bits per heavy atom. The normalized spacial score (nSPS) is 20.8. The lowest BCUT2D eigenvalue weighted by molar-refractivity contribution is -0.115. The van der Waals surface area contributed by atoms with E-state index in [-0.39, 0.29) is 29.3 Å². The molecule has 2 unspecified atom stereocenters. The molecule has 0 bridgehead atoms. The van der Waals surface area contributed by atoms with Gasteiger partial charge in [-0.2, -0.15) is 0 Å². The zero-order chi connectivity index (χ0) is 22.9. The number of amides is 1. The molecule has 4 rings (SSSR count). The Labute approximate surface area is 188 Å². The summed E-state index contributed by atoms with van der Waals surface area (Å²) < 4.78 is 45.7. The molecule has 1 aliphatic heterocycles. The molecule has 172 valence electrons. The minimum Gasteiger partial charge on any atom is -0.372 e. The average molecular weight is 461 g/mol. The van der Waals surface area contributed by atoms with Crippen molar-refractivity contribution in [3.05, 3.63) is 53.3 Å². The molecule has 8 heteroatoms. The van der Waals surface area contributed by atoms with Crippen LogP contribution in [0.15, 0.2) is 41.3 Å². The molecule has 0 aromatic heterocycles. The largest absolute Gasteiger partial charge is 0.372 e. The Morgan fingerprint density at radius 3 is 2.53 bits per heavy atom. The van der Waals surface area contributed by atoms with Gasteiger partial charge in [-0.25, -0.2) is 12.8 Å². The molecule has 2 aromatic carbocycles. The van der Waals surface area contributed by atoms with Gasteiger partial charge in [-0.15, -0.1) is 0 Å². The maximum absolute atomic E-state index is 14.7. The molecule has 1 amide bonds. The van der Waals surface area contributed by atoms with Gasteiger partial charge in [0.15, 0.2) is 9.84 Å². The van der Waals surface area contributed by atoms with Crippen LogP contribution in [0.25, 0.3) is 0 Å². The van der Waals surface area contributed by atoms with Crippen LogP contribution in [0.3, 0.4) is 0 Å². The van der Waals surface area contributed by atoms with Gasteiger partial charge in [-0.3, -0.25) is 4.79 Å². The molecule has 2 atom stereocenters. The Balaban J connectivity index is 1.36. The quantitative estimate of drug-likeness (QED) is 0.711. The SMILES string of the molecule is CC1CN(c2ccc(NC(=O)CCS(=O)(=O)c3ccc4c(c3)CCC4)cc2F)CC(C)O1. The highest BCUT2D eigenvalue weighted by Crippen LogP contribution is 2.27. The Kier molecular flexibility index (Phi) is 6.53. The van der Waals surface area contributed by atoms with Gasteiger partial charge in [-0.05, 0) is 74.6 Å². The highest BCUT2D eigenvalue weighted by atomic mass is 32.2. The fourth-order valence-corrected chi connectivity index (χ4v) is 5.81. The summed E-state index contributed by atoms with van der Waals surface area (Å²) in [6.07, 6.45) is 2.73. The van der Waals surface area contributed by atoms with Gasteiger partial charge < -0.3 is 15.0 Å². The third kappa shape index (κ3) is 5.13. The number of aryl methyl sites for hydroxylation is 2. The minimum atomic E-state index is -3.56. The van der Waals surface area contributed by atoms with Crippen LogP contribution in [0, 0.1) is 5.82 Å². The number of rotatable bonds is 6. The monoisotopic (exact) mass is 460 g/mol. The van der Waals surface area contributed by atoms with Crippen molar-refractivity contribution in [2.75, 3.05) is 29.1 Å². The molecule has 1 N–H and O–H groups in total. The predicted octanol–water partition coefficient (Wildman–Crippen LogP) is 3.73. The van der Waals surface area contributed by atoms with Crippen molar-refractivity contribution in [2.24, 2.45) is 0 Å². The number of morpholine rings is 1. The predicted molar refractivity (Wildman–Crippen MR) is 122 cm³/mol. The highest BCUT2D eigenvalue weighted by Gasteiger charge is 2.25. The smallest absolute Gasteiger partial charge is 0.225 e. The standard InChI is InChI=1S/C24H29FN2O4S/c1-16-14-27(15-17(2)31-16)23-9-7-20(13-22(23)25)26-24(28)10-11-32(29,30)21-8-6-18-4-3-5-19(18)12-21/h6-9,12-13,16-17H,3-5,10-11,14-15H2,1-2H3,(H,26,28). The summed E-state index contributed by atoms with van der Waals surface area (Å²) >= 11 is 0. The number of nitrogens with one attached hydrogen (secondary N) is 1. The van der Waals surface area contributed by atoms with Crippen LogP contribution < -0.4 is 10.2 Å². The number of carbonyl (C=O) groups is 1. The number of benzene rings is 2. The Hall–Kier alpha value is -2.45. The van der Waals surface area contributed by atoms with Gasteiger partial charge in [0.1, 0.15) is 5.82 Å². The molecule has 0 saturated carbocycles. The van der Waals surface area contributed by atoms with Gasteiger partial charge in [0.25, 0.3) is 0 Å². The van der Waals surface area contributed by atoms with E-state index in [0.717, 1.165) is 24.8 Å². The molecule has 1 heterocycles. The molecule has 6 nitrogen and oxygen atoms in total. The van der Waals surface area contributed by atoms with Crippen molar-refractivity contribution in [1.82, 2.24) is 0 Å². The molecule has 1 fully saturated rings. The summed E-state index contributed by atoms with van der Waals surface area (Å²) in [5.41, 5.74) is 3.05. The first kappa shape index (κ1) is 22.7. The second-order valence-corrected chi connectivity index (χ2v) is 10.8. The number of fused-ring (bicyclic) bond motifs is 1. The first-order valence-corrected chi connectivity index (χ1v) is 12.7. The van der Waals surface area contributed by atoms with Crippen LogP contribution in [0.4, 0.5) is 15.8 Å². The summed E-state index contributed by atoms with van der Waals surface area (Å²) in [6.45, 7) is 5.08. The van der Waals surface area contributed by atoms with E-state index in [2.05, 4.69) is 5.32 Å². The maximum Gasteiger partial charge on any atom is 0.225 e. The number of nitrogens with zero attached hydrogens (tertiary/aromatic N) is 1. The number of ether oxygens (including phenoxy) is 1. The van der Waals surface area contributed by atoms with Crippen molar-refractivity contribution >= 4 is 27.1 Å². The zero-order valence-electron chi connectivity index (χ0n) is 18.4. The van der Waals surface area contributed by atoms with E-state index in [1.165, 1.54) is 11.6 Å². The van der Waals surface area contributed by atoms with E-state index in [1.807, 2.05) is 24.8 Å². The molecule has 1 saturated heterocycles. The van der Waals surface area contributed by atoms with E-state index < -0.39 is 21.6 Å². The number of carbonyl (C=O) groups excluding carboxylic acids is 1. The molecule has 2 aliphatic rings. The van der Waals surface area contributed by atoms with Gasteiger partial charge in [0.05, 0.1) is 28.5 Å². The number of hydrogen-bond donors (Lipinski definition) is 1. The van der Waals surface area contributed by atoms with Crippen LogP contribution in [-0.4, -0.2) is 45.4 Å². The summed E-state index contributed by atoms with van der Waals surface area (Å²) in [5, 5.41) is 2.61. The average Bonchev–Trinajstić information content (AvgIpc) is 3.20. The number of sulfone groups is 1. The van der Waals surface area contributed by atoms with Gasteiger partial charge >= 0.3 is 0 Å². The van der Waals surface area contributed by atoms with Gasteiger partial charge in [0.2, 0.25) is 5.91 Å². The molecule has 0 radical (unpaired) electrons. The van der Waals surface area contributed by atoms with E-state index in [1.54, 1.807) is 24.3 Å². The van der Waals surface area contributed by atoms with Crippen molar-refractivity contribution < 1.29 is 22.3 Å². The molecule has 1 aliphatic carbocycles. The van der Waals surface area contributed by atoms with Crippen molar-refractivity contribution in [3.63, 3.8) is 0 Å². The minimum absolute atomic E-state index is 0.00477. The highest BCUT2D eigenvalue weighted by molar-refractivity contribution is 7.91. The van der Waals surface area contributed by atoms with Crippen LogP contribution in [-0.2, 0) is 32.2 Å². The number of hydrogen-bond acceptors (Lipinski definition) is 5. The summed E-state index contributed by atoms with van der Waals surface area (Å²) in [6, 6.07) is 9.77. The van der Waals surface area contributed by atoms with Crippen molar-refractivity contribution in [2.45, 2.75) is 56.6 Å². The molecule has 0 spiro atoms. The topological polar surface area (TPSA) is 75.7 Å². The number of halogens is 1. The lowest BCUT2D eigenvalue weighted by Gasteiger charge is -2.37. The van der Waals surface area contributed by atoms with E-state index in [0.29, 0.717) is 24.5 Å². The Morgan fingerprint density at radius 1 is 1.09 bits per heavy atom. The molecule has 2 aromatic rings. The van der Waals surface area contributed by atoms with E-state index >= 15 is 0 Å². The fourth-order valence-electron chi connectivity index (χ4n) is 4.53. The summed E-state index contributed by atoms with van der Waals surface area (Å²) in [7, 11) is -3.56. The molecular formula is C24H29FN2O4S. The van der Waals surface area contributed by atoms with E-state index in [9.17, 15) is 17.6 Å². The maximum atomic E-state index is 14.7. The molecule has 32 heavy (non-hydrogen) atoms. The van der Waals surface area contributed by atoms with Crippen molar-refractivity contribution in [3.8, 4) is 0 Å². The lowest BCUT2D eigenvalue weighted by Crippen LogP contribution is -2.45. The second kappa shape index (κ2) is 9.19. The van der Waals surface area contributed by atoms with Crippen LogP contribution in [0.2, 0.25) is 0 Å².